The van der Waals surface area contributed by atoms with Gasteiger partial charge in [-0.1, -0.05) is 24.6 Å². The first-order valence-electron chi connectivity index (χ1n) is 8.22. The molecule has 0 aliphatic carbocycles. The summed E-state index contributed by atoms with van der Waals surface area (Å²) in [6, 6.07) is 5.14. The second kappa shape index (κ2) is 9.09. The van der Waals surface area contributed by atoms with E-state index in [0.717, 1.165) is 23.1 Å². The van der Waals surface area contributed by atoms with E-state index in [9.17, 15) is 14.4 Å². The van der Waals surface area contributed by atoms with Crippen molar-refractivity contribution in [2.75, 3.05) is 13.2 Å². The summed E-state index contributed by atoms with van der Waals surface area (Å²) >= 11 is 7.01. The fraction of sp³-hybridized carbons (Fsp3) is 0.389. The molecule has 140 valence electrons. The van der Waals surface area contributed by atoms with Gasteiger partial charge in [-0.25, -0.2) is 0 Å². The van der Waals surface area contributed by atoms with Gasteiger partial charge >= 0.3 is 5.97 Å². The third-order valence-electron chi connectivity index (χ3n) is 3.62. The third kappa shape index (κ3) is 5.02. The van der Waals surface area contributed by atoms with Crippen molar-refractivity contribution >= 4 is 46.6 Å². The fourth-order valence-corrected chi connectivity index (χ4v) is 3.20. The van der Waals surface area contributed by atoms with E-state index in [2.05, 4.69) is 0 Å². The number of hydrogen-bond acceptors (Lipinski definition) is 6. The molecule has 6 nitrogen and oxygen atoms in total. The van der Waals surface area contributed by atoms with Crippen LogP contribution in [0.4, 0.5) is 4.79 Å². The van der Waals surface area contributed by atoms with Crippen LogP contribution in [-0.2, 0) is 14.3 Å². The molecule has 1 saturated heterocycles. The summed E-state index contributed by atoms with van der Waals surface area (Å²) in [7, 11) is 0. The van der Waals surface area contributed by atoms with Gasteiger partial charge in [-0.2, -0.15) is 0 Å². The van der Waals surface area contributed by atoms with Gasteiger partial charge < -0.3 is 9.47 Å². The average molecular weight is 398 g/mol. The normalized spacial score (nSPS) is 16.9. The van der Waals surface area contributed by atoms with Crippen molar-refractivity contribution in [3.05, 3.63) is 33.7 Å². The molecule has 1 aliphatic heterocycles. The third-order valence-corrected chi connectivity index (χ3v) is 4.83. The van der Waals surface area contributed by atoms with Crippen LogP contribution in [0.25, 0.3) is 6.08 Å². The van der Waals surface area contributed by atoms with Gasteiger partial charge in [-0.15, -0.1) is 0 Å². The molecule has 0 N–H and O–H groups in total. The second-order valence-electron chi connectivity index (χ2n) is 5.60. The average Bonchev–Trinajstić information content (AvgIpc) is 2.85. The summed E-state index contributed by atoms with van der Waals surface area (Å²) < 4.78 is 10.5. The lowest BCUT2D eigenvalue weighted by atomic mass is 10.2. The number of carbonyl (C=O) groups excluding carboxylic acids is 3. The van der Waals surface area contributed by atoms with Gasteiger partial charge in [-0.05, 0) is 55.8 Å². The molecule has 0 aromatic heterocycles. The van der Waals surface area contributed by atoms with Gasteiger partial charge in [0.15, 0.2) is 0 Å². The number of carbonyl (C=O) groups is 3. The number of benzene rings is 1. The Labute approximate surface area is 161 Å². The second-order valence-corrected chi connectivity index (χ2v) is 7.00. The molecular weight excluding hydrogens is 378 g/mol. The topological polar surface area (TPSA) is 72.9 Å². The zero-order valence-electron chi connectivity index (χ0n) is 14.8. The van der Waals surface area contributed by atoms with Gasteiger partial charge in [0.25, 0.3) is 11.1 Å². The maximum Gasteiger partial charge on any atom is 0.326 e. The van der Waals surface area contributed by atoms with Crippen molar-refractivity contribution < 1.29 is 23.9 Å². The van der Waals surface area contributed by atoms with Gasteiger partial charge in [0.05, 0.1) is 22.6 Å². The largest absolute Gasteiger partial charge is 0.489 e. The number of halogens is 1. The zero-order valence-corrected chi connectivity index (χ0v) is 16.4. The predicted octanol–water partition coefficient (Wildman–Crippen LogP) is 4.12. The first-order chi connectivity index (χ1) is 12.3. The minimum absolute atomic E-state index is 0.0396. The first kappa shape index (κ1) is 20.3. The highest BCUT2D eigenvalue weighted by Crippen LogP contribution is 2.34. The molecule has 2 rings (SSSR count). The number of hydrogen-bond donors (Lipinski definition) is 0. The predicted molar refractivity (Wildman–Crippen MR) is 101 cm³/mol. The number of ether oxygens (including phenoxy) is 2. The van der Waals surface area contributed by atoms with E-state index < -0.39 is 23.7 Å². The Hall–Kier alpha value is -1.99. The molecule has 1 atom stereocenters. The van der Waals surface area contributed by atoms with Crippen molar-refractivity contribution in [1.82, 2.24) is 4.90 Å². The van der Waals surface area contributed by atoms with Gasteiger partial charge in [-0.3, -0.25) is 19.3 Å². The Balaban J connectivity index is 2.14. The summed E-state index contributed by atoms with van der Waals surface area (Å²) in [5, 5.41) is -0.0815. The standard InChI is InChI=1S/C18H20ClNO5S/c1-4-11(3)25-14-7-6-12(8-13(14)19)9-15-17(22)20(18(23)26-15)10-16(21)24-5-2/h6-9,11H,4-5,10H2,1-3H3/b15-9+. The van der Waals surface area contributed by atoms with Crippen LogP contribution >= 0.6 is 23.4 Å². The summed E-state index contributed by atoms with van der Waals surface area (Å²) in [4.78, 5) is 36.9. The highest BCUT2D eigenvalue weighted by molar-refractivity contribution is 8.18. The van der Waals surface area contributed by atoms with Gasteiger partial charge in [0.2, 0.25) is 0 Å². The van der Waals surface area contributed by atoms with Crippen LogP contribution < -0.4 is 4.74 Å². The van der Waals surface area contributed by atoms with Crippen LogP contribution in [0.2, 0.25) is 5.02 Å². The monoisotopic (exact) mass is 397 g/mol. The van der Waals surface area contributed by atoms with Crippen molar-refractivity contribution in [2.24, 2.45) is 0 Å². The SMILES string of the molecule is CCOC(=O)CN1C(=O)S/C(=C/c2ccc(OC(C)CC)c(Cl)c2)C1=O. The van der Waals surface area contributed by atoms with E-state index in [4.69, 9.17) is 21.1 Å². The molecule has 8 heteroatoms. The van der Waals surface area contributed by atoms with Crippen LogP contribution in [0.3, 0.4) is 0 Å². The molecule has 26 heavy (non-hydrogen) atoms. The lowest BCUT2D eigenvalue weighted by Gasteiger charge is -2.14. The highest BCUT2D eigenvalue weighted by Gasteiger charge is 2.36. The van der Waals surface area contributed by atoms with Gasteiger partial charge in [0, 0.05) is 0 Å². The molecule has 0 saturated carbocycles. The smallest absolute Gasteiger partial charge is 0.326 e. The van der Waals surface area contributed by atoms with E-state index in [-0.39, 0.29) is 17.6 Å². The van der Waals surface area contributed by atoms with Crippen molar-refractivity contribution in [2.45, 2.75) is 33.3 Å². The van der Waals surface area contributed by atoms with Crippen LogP contribution in [0.15, 0.2) is 23.1 Å². The minimum Gasteiger partial charge on any atom is -0.489 e. The number of nitrogens with zero attached hydrogens (tertiary/aromatic N) is 1. The molecule has 1 unspecified atom stereocenters. The van der Waals surface area contributed by atoms with E-state index in [0.29, 0.717) is 16.3 Å². The summed E-state index contributed by atoms with van der Waals surface area (Å²) in [5.41, 5.74) is 0.660. The molecule has 1 aliphatic rings. The number of amides is 2. The molecular formula is C18H20ClNO5S. The summed E-state index contributed by atoms with van der Waals surface area (Å²) in [6.45, 7) is 5.42. The van der Waals surface area contributed by atoms with Crippen LogP contribution in [0.5, 0.6) is 5.75 Å². The van der Waals surface area contributed by atoms with Crippen molar-refractivity contribution in [3.63, 3.8) is 0 Å². The maximum absolute atomic E-state index is 12.3. The molecule has 1 heterocycles. The molecule has 0 spiro atoms. The Bertz CT molecular complexity index is 749. The van der Waals surface area contributed by atoms with Gasteiger partial charge in [0.1, 0.15) is 12.3 Å². The van der Waals surface area contributed by atoms with Crippen molar-refractivity contribution in [1.29, 1.82) is 0 Å². The number of thioether (sulfide) groups is 1. The van der Waals surface area contributed by atoms with Crippen LogP contribution in [0.1, 0.15) is 32.8 Å². The Morgan fingerprint density at radius 2 is 2.08 bits per heavy atom. The number of esters is 1. The van der Waals surface area contributed by atoms with E-state index >= 15 is 0 Å². The lowest BCUT2D eigenvalue weighted by Crippen LogP contribution is -2.34. The van der Waals surface area contributed by atoms with Crippen molar-refractivity contribution in [3.8, 4) is 5.75 Å². The van der Waals surface area contributed by atoms with Crippen LogP contribution in [-0.4, -0.2) is 41.3 Å². The quantitative estimate of drug-likeness (QED) is 0.509. The Morgan fingerprint density at radius 1 is 1.35 bits per heavy atom. The zero-order chi connectivity index (χ0) is 19.3. The minimum atomic E-state index is -0.620. The molecule has 1 fully saturated rings. The van der Waals surface area contributed by atoms with E-state index in [1.807, 2.05) is 13.8 Å². The fourth-order valence-electron chi connectivity index (χ4n) is 2.13. The van der Waals surface area contributed by atoms with E-state index in [1.54, 1.807) is 31.2 Å². The maximum atomic E-state index is 12.3. The Morgan fingerprint density at radius 3 is 2.69 bits per heavy atom. The molecule has 1 aromatic carbocycles. The first-order valence-corrected chi connectivity index (χ1v) is 9.42. The van der Waals surface area contributed by atoms with E-state index in [1.165, 1.54) is 0 Å². The number of rotatable bonds is 7. The molecule has 0 bridgehead atoms. The molecule has 0 radical (unpaired) electrons. The molecule has 2 amide bonds. The summed E-state index contributed by atoms with van der Waals surface area (Å²) in [5.74, 6) is -0.580. The lowest BCUT2D eigenvalue weighted by molar-refractivity contribution is -0.145. The summed E-state index contributed by atoms with van der Waals surface area (Å²) in [6.07, 6.45) is 2.46. The van der Waals surface area contributed by atoms with Crippen LogP contribution in [0, 0.1) is 0 Å². The highest BCUT2D eigenvalue weighted by atomic mass is 35.5. The number of imide groups is 1. The Kier molecular flexibility index (Phi) is 7.11. The molecule has 1 aromatic rings.